The maximum absolute atomic E-state index is 12.8. The SMILES string of the molecule is Nc1cc(=O)[nH]c(Sc2cccc(F)n2)n1. The summed E-state index contributed by atoms with van der Waals surface area (Å²) in [6.07, 6.45) is 0. The molecule has 0 aliphatic rings. The van der Waals surface area contributed by atoms with E-state index in [1.807, 2.05) is 0 Å². The average molecular weight is 238 g/mol. The number of nitrogens with zero attached hydrogens (tertiary/aromatic N) is 2. The Bertz CT molecular complexity index is 571. The van der Waals surface area contributed by atoms with Crippen LogP contribution in [0.2, 0.25) is 0 Å². The molecule has 2 aromatic heterocycles. The number of nitrogens with one attached hydrogen (secondary N) is 1. The third-order valence-electron chi connectivity index (χ3n) is 1.63. The minimum Gasteiger partial charge on any atom is -0.383 e. The van der Waals surface area contributed by atoms with Crippen LogP contribution in [0.1, 0.15) is 0 Å². The summed E-state index contributed by atoms with van der Waals surface area (Å²) in [6, 6.07) is 5.54. The molecular weight excluding hydrogens is 231 g/mol. The van der Waals surface area contributed by atoms with E-state index in [1.165, 1.54) is 18.2 Å². The first kappa shape index (κ1) is 10.6. The summed E-state index contributed by atoms with van der Waals surface area (Å²) in [4.78, 5) is 21.1. The van der Waals surface area contributed by atoms with Crippen LogP contribution in [-0.4, -0.2) is 15.0 Å². The van der Waals surface area contributed by atoms with E-state index in [4.69, 9.17) is 5.73 Å². The summed E-state index contributed by atoms with van der Waals surface area (Å²) in [5.41, 5.74) is 5.05. The Morgan fingerprint density at radius 1 is 1.38 bits per heavy atom. The van der Waals surface area contributed by atoms with Gasteiger partial charge in [-0.2, -0.15) is 4.39 Å². The second-order valence-corrected chi connectivity index (χ2v) is 3.89. The number of pyridine rings is 1. The van der Waals surface area contributed by atoms with E-state index in [0.717, 1.165) is 11.8 Å². The van der Waals surface area contributed by atoms with E-state index >= 15 is 0 Å². The first-order valence-electron chi connectivity index (χ1n) is 4.31. The molecule has 0 aromatic carbocycles. The number of hydrogen-bond acceptors (Lipinski definition) is 5. The van der Waals surface area contributed by atoms with E-state index in [2.05, 4.69) is 15.0 Å². The van der Waals surface area contributed by atoms with Crippen LogP contribution in [0, 0.1) is 5.95 Å². The van der Waals surface area contributed by atoms with Crippen molar-refractivity contribution in [3.8, 4) is 0 Å². The summed E-state index contributed by atoms with van der Waals surface area (Å²) in [5.74, 6) is -0.473. The molecule has 0 radical (unpaired) electrons. The van der Waals surface area contributed by atoms with E-state index in [-0.39, 0.29) is 16.5 Å². The Morgan fingerprint density at radius 2 is 2.19 bits per heavy atom. The molecule has 3 N–H and O–H groups in total. The number of rotatable bonds is 2. The van der Waals surface area contributed by atoms with Gasteiger partial charge in [-0.3, -0.25) is 4.79 Å². The molecule has 0 fully saturated rings. The van der Waals surface area contributed by atoms with Crippen molar-refractivity contribution in [2.24, 2.45) is 0 Å². The van der Waals surface area contributed by atoms with Gasteiger partial charge < -0.3 is 10.7 Å². The van der Waals surface area contributed by atoms with Gasteiger partial charge in [-0.25, -0.2) is 9.97 Å². The van der Waals surface area contributed by atoms with Gasteiger partial charge >= 0.3 is 0 Å². The molecule has 0 aliphatic carbocycles. The highest BCUT2D eigenvalue weighted by Gasteiger charge is 2.03. The van der Waals surface area contributed by atoms with Crippen LogP contribution >= 0.6 is 11.8 Å². The molecule has 0 unspecified atom stereocenters. The Kier molecular flexibility index (Phi) is 2.86. The predicted molar refractivity (Wildman–Crippen MR) is 57.6 cm³/mol. The van der Waals surface area contributed by atoms with Crippen LogP contribution in [-0.2, 0) is 0 Å². The van der Waals surface area contributed by atoms with Crippen molar-refractivity contribution < 1.29 is 4.39 Å². The van der Waals surface area contributed by atoms with Crippen molar-refractivity contribution in [3.63, 3.8) is 0 Å². The molecule has 0 atom stereocenters. The lowest BCUT2D eigenvalue weighted by molar-refractivity contribution is 0.572. The van der Waals surface area contributed by atoms with Gasteiger partial charge in [-0.05, 0) is 23.9 Å². The fraction of sp³-hybridized carbons (Fsp3) is 0. The standard InChI is InChI=1S/C9H7FN4OS/c10-5-2-1-3-8(12-5)16-9-13-6(11)4-7(15)14-9/h1-4H,(H3,11,13,14,15). The highest BCUT2D eigenvalue weighted by molar-refractivity contribution is 7.99. The quantitative estimate of drug-likeness (QED) is 0.603. The fourth-order valence-corrected chi connectivity index (χ4v) is 1.83. The molecule has 0 spiro atoms. The van der Waals surface area contributed by atoms with Gasteiger partial charge in [0.1, 0.15) is 10.8 Å². The summed E-state index contributed by atoms with van der Waals surface area (Å²) in [7, 11) is 0. The van der Waals surface area contributed by atoms with Crippen molar-refractivity contribution in [3.05, 3.63) is 40.6 Å². The predicted octanol–water partition coefficient (Wildman–Crippen LogP) is 1.04. The fourth-order valence-electron chi connectivity index (χ4n) is 1.05. The number of aromatic amines is 1. The topological polar surface area (TPSA) is 84.7 Å². The molecule has 0 saturated heterocycles. The number of anilines is 1. The first-order valence-corrected chi connectivity index (χ1v) is 5.12. The molecule has 16 heavy (non-hydrogen) atoms. The number of H-pyrrole nitrogens is 1. The zero-order valence-corrected chi connectivity index (χ0v) is 8.79. The zero-order chi connectivity index (χ0) is 11.5. The summed E-state index contributed by atoms with van der Waals surface area (Å²) in [6.45, 7) is 0. The summed E-state index contributed by atoms with van der Waals surface area (Å²) >= 11 is 1.03. The monoisotopic (exact) mass is 238 g/mol. The molecule has 0 amide bonds. The van der Waals surface area contributed by atoms with Crippen molar-refractivity contribution in [2.45, 2.75) is 10.2 Å². The van der Waals surface area contributed by atoms with E-state index in [1.54, 1.807) is 6.07 Å². The molecule has 82 valence electrons. The second kappa shape index (κ2) is 4.31. The van der Waals surface area contributed by atoms with Crippen LogP contribution < -0.4 is 11.3 Å². The van der Waals surface area contributed by atoms with Crippen LogP contribution in [0.5, 0.6) is 0 Å². The third-order valence-corrected chi connectivity index (χ3v) is 2.45. The Balaban J connectivity index is 2.30. The smallest absolute Gasteiger partial charge is 0.253 e. The third kappa shape index (κ3) is 2.57. The number of aromatic nitrogens is 3. The van der Waals surface area contributed by atoms with Crippen LogP contribution in [0.4, 0.5) is 10.2 Å². The second-order valence-electron chi connectivity index (χ2n) is 2.88. The van der Waals surface area contributed by atoms with Gasteiger partial charge in [-0.15, -0.1) is 0 Å². The van der Waals surface area contributed by atoms with Crippen LogP contribution in [0.3, 0.4) is 0 Å². The van der Waals surface area contributed by atoms with Gasteiger partial charge in [0.15, 0.2) is 5.16 Å². The molecule has 2 rings (SSSR count). The molecular formula is C9H7FN4OS. The molecule has 0 saturated carbocycles. The number of halogens is 1. The van der Waals surface area contributed by atoms with Gasteiger partial charge in [0.25, 0.3) is 5.56 Å². The van der Waals surface area contributed by atoms with Crippen molar-refractivity contribution in [1.29, 1.82) is 0 Å². The highest BCUT2D eigenvalue weighted by Crippen LogP contribution is 2.21. The first-order chi connectivity index (χ1) is 7.63. The minimum atomic E-state index is -0.587. The summed E-state index contributed by atoms with van der Waals surface area (Å²) in [5, 5.41) is 0.678. The molecule has 7 heteroatoms. The van der Waals surface area contributed by atoms with Crippen molar-refractivity contribution >= 4 is 17.6 Å². The average Bonchev–Trinajstić information content (AvgIpc) is 2.15. The lowest BCUT2D eigenvalue weighted by Crippen LogP contribution is -2.09. The van der Waals surface area contributed by atoms with Crippen LogP contribution in [0.25, 0.3) is 0 Å². The van der Waals surface area contributed by atoms with Gasteiger partial charge in [0.05, 0.1) is 0 Å². The lowest BCUT2D eigenvalue weighted by Gasteiger charge is -2.00. The number of nitrogen functional groups attached to an aromatic ring is 1. The van der Waals surface area contributed by atoms with Crippen LogP contribution in [0.15, 0.2) is 39.2 Å². The minimum absolute atomic E-state index is 0.114. The summed E-state index contributed by atoms with van der Waals surface area (Å²) < 4.78 is 12.8. The van der Waals surface area contributed by atoms with E-state index in [9.17, 15) is 9.18 Å². The highest BCUT2D eigenvalue weighted by atomic mass is 32.2. The van der Waals surface area contributed by atoms with Gasteiger partial charge in [0, 0.05) is 6.07 Å². The zero-order valence-electron chi connectivity index (χ0n) is 7.98. The largest absolute Gasteiger partial charge is 0.383 e. The maximum Gasteiger partial charge on any atom is 0.253 e. The Morgan fingerprint density at radius 3 is 2.88 bits per heavy atom. The Hall–Kier alpha value is -1.89. The number of hydrogen-bond donors (Lipinski definition) is 2. The lowest BCUT2D eigenvalue weighted by atomic mass is 10.5. The van der Waals surface area contributed by atoms with E-state index in [0.29, 0.717) is 5.03 Å². The van der Waals surface area contributed by atoms with Gasteiger partial charge in [-0.1, -0.05) is 6.07 Å². The molecule has 5 nitrogen and oxygen atoms in total. The number of nitrogens with two attached hydrogens (primary N) is 1. The Labute approximate surface area is 93.9 Å². The van der Waals surface area contributed by atoms with Gasteiger partial charge in [0.2, 0.25) is 5.95 Å². The molecule has 2 aromatic rings. The normalized spacial score (nSPS) is 10.3. The van der Waals surface area contributed by atoms with E-state index < -0.39 is 5.95 Å². The molecule has 2 heterocycles. The molecule has 0 bridgehead atoms. The van der Waals surface area contributed by atoms with Crippen molar-refractivity contribution in [1.82, 2.24) is 15.0 Å². The molecule has 0 aliphatic heterocycles. The van der Waals surface area contributed by atoms with Crippen molar-refractivity contribution in [2.75, 3.05) is 5.73 Å². The maximum atomic E-state index is 12.8.